The molecule has 6 nitrogen and oxygen atoms in total. The van der Waals surface area contributed by atoms with E-state index in [-0.39, 0.29) is 5.69 Å². The van der Waals surface area contributed by atoms with Crippen molar-refractivity contribution in [2.75, 3.05) is 25.6 Å². The zero-order chi connectivity index (χ0) is 26.6. The van der Waals surface area contributed by atoms with Gasteiger partial charge in [-0.15, -0.1) is 0 Å². The highest BCUT2D eigenvalue weighted by molar-refractivity contribution is 5.95. The lowest BCUT2D eigenvalue weighted by Gasteiger charge is -2.16. The molecule has 0 saturated carbocycles. The molecule has 0 aliphatic rings. The number of ether oxygens (including phenoxy) is 3. The summed E-state index contributed by atoms with van der Waals surface area (Å²) in [6.07, 6.45) is 7.57. The molecule has 37 heavy (non-hydrogen) atoms. The number of aryl methyl sites for hydroxylation is 1. The number of methoxy groups -OCH3 is 1. The van der Waals surface area contributed by atoms with Crippen molar-refractivity contribution < 1.29 is 19.0 Å². The third kappa shape index (κ3) is 8.66. The van der Waals surface area contributed by atoms with E-state index in [0.717, 1.165) is 35.4 Å². The molecule has 0 aliphatic carbocycles. The van der Waals surface area contributed by atoms with Crippen molar-refractivity contribution in [2.24, 2.45) is 5.92 Å². The van der Waals surface area contributed by atoms with Gasteiger partial charge in [-0.05, 0) is 54.7 Å². The van der Waals surface area contributed by atoms with Gasteiger partial charge >= 0.3 is 5.97 Å². The lowest BCUT2D eigenvalue weighted by Crippen LogP contribution is -2.09. The van der Waals surface area contributed by atoms with Gasteiger partial charge in [0.15, 0.2) is 5.69 Å². The Hall–Kier alpha value is -3.28. The van der Waals surface area contributed by atoms with E-state index in [1.54, 1.807) is 6.07 Å². The Balaban J connectivity index is 1.65. The van der Waals surface area contributed by atoms with Gasteiger partial charge in [-0.2, -0.15) is 0 Å². The van der Waals surface area contributed by atoms with Crippen LogP contribution in [0.25, 0.3) is 10.9 Å². The standard InChI is InChI=1S/C31H42N2O4/c1-6-7-8-9-10-11-16-36-25-14-12-24(13-15-25)20-32-27-18-26-28(17-23(27)4)33-29(31(34)35-5)19-30(26)37-21-22(2)3/h12-15,17-19,22,32H,6-11,16,20-21H2,1-5H3. The zero-order valence-electron chi connectivity index (χ0n) is 23.1. The fourth-order valence-electron chi connectivity index (χ4n) is 4.10. The van der Waals surface area contributed by atoms with E-state index in [1.165, 1.54) is 44.8 Å². The number of anilines is 1. The number of rotatable bonds is 15. The number of pyridine rings is 1. The van der Waals surface area contributed by atoms with Gasteiger partial charge in [0.2, 0.25) is 0 Å². The second kappa shape index (κ2) is 14.5. The molecule has 1 heterocycles. The second-order valence-corrected chi connectivity index (χ2v) is 10.0. The molecule has 1 aromatic heterocycles. The third-order valence-corrected chi connectivity index (χ3v) is 6.26. The highest BCUT2D eigenvalue weighted by Crippen LogP contribution is 2.31. The fraction of sp³-hybridized carbons (Fsp3) is 0.484. The highest BCUT2D eigenvalue weighted by atomic mass is 16.5. The molecule has 0 aliphatic heterocycles. The number of esters is 1. The van der Waals surface area contributed by atoms with E-state index in [2.05, 4.69) is 43.2 Å². The lowest BCUT2D eigenvalue weighted by molar-refractivity contribution is 0.0594. The molecule has 0 spiro atoms. The van der Waals surface area contributed by atoms with Crippen molar-refractivity contribution >= 4 is 22.6 Å². The summed E-state index contributed by atoms with van der Waals surface area (Å²) < 4.78 is 16.9. The zero-order valence-corrected chi connectivity index (χ0v) is 23.1. The normalized spacial score (nSPS) is 11.1. The van der Waals surface area contributed by atoms with Crippen LogP contribution < -0.4 is 14.8 Å². The van der Waals surface area contributed by atoms with Crippen LogP contribution in [-0.4, -0.2) is 31.3 Å². The smallest absolute Gasteiger partial charge is 0.356 e. The van der Waals surface area contributed by atoms with Crippen molar-refractivity contribution in [3.8, 4) is 11.5 Å². The molecule has 0 fully saturated rings. The topological polar surface area (TPSA) is 69.7 Å². The molecule has 2 aromatic carbocycles. The number of unbranched alkanes of at least 4 members (excludes halogenated alkanes) is 5. The first-order valence-corrected chi connectivity index (χ1v) is 13.5. The van der Waals surface area contributed by atoms with Gasteiger partial charge in [0.1, 0.15) is 11.5 Å². The molecule has 0 bridgehead atoms. The first-order valence-electron chi connectivity index (χ1n) is 13.5. The molecule has 6 heteroatoms. The summed E-state index contributed by atoms with van der Waals surface area (Å²) in [6, 6.07) is 14.0. The molecule has 0 radical (unpaired) electrons. The van der Waals surface area contributed by atoms with E-state index >= 15 is 0 Å². The minimum Gasteiger partial charge on any atom is -0.494 e. The number of hydrogen-bond acceptors (Lipinski definition) is 6. The number of carbonyl (C=O) groups is 1. The Kier molecular flexibility index (Phi) is 11.1. The molecular weight excluding hydrogens is 464 g/mol. The predicted molar refractivity (Wildman–Crippen MR) is 151 cm³/mol. The minimum atomic E-state index is -0.476. The molecule has 200 valence electrons. The summed E-state index contributed by atoms with van der Waals surface area (Å²) in [4.78, 5) is 16.7. The van der Waals surface area contributed by atoms with Gasteiger partial charge in [0.25, 0.3) is 0 Å². The Morgan fingerprint density at radius 2 is 1.70 bits per heavy atom. The molecule has 0 saturated heterocycles. The number of nitrogens with zero attached hydrogens (tertiary/aromatic N) is 1. The van der Waals surface area contributed by atoms with Crippen LogP contribution in [0.3, 0.4) is 0 Å². The first-order chi connectivity index (χ1) is 17.9. The third-order valence-electron chi connectivity index (χ3n) is 6.26. The van der Waals surface area contributed by atoms with Crippen LogP contribution in [-0.2, 0) is 11.3 Å². The van der Waals surface area contributed by atoms with Gasteiger partial charge in [0, 0.05) is 23.7 Å². The lowest BCUT2D eigenvalue weighted by atomic mass is 10.1. The fourth-order valence-corrected chi connectivity index (χ4v) is 4.10. The van der Waals surface area contributed by atoms with E-state index < -0.39 is 5.97 Å². The average Bonchev–Trinajstić information content (AvgIpc) is 2.90. The maximum absolute atomic E-state index is 12.1. The number of aromatic nitrogens is 1. The Morgan fingerprint density at radius 1 is 0.973 bits per heavy atom. The summed E-state index contributed by atoms with van der Waals surface area (Å²) >= 11 is 0. The van der Waals surface area contributed by atoms with Crippen molar-refractivity contribution in [2.45, 2.75) is 72.8 Å². The molecule has 0 atom stereocenters. The summed E-state index contributed by atoms with van der Waals surface area (Å²) in [7, 11) is 1.36. The minimum absolute atomic E-state index is 0.243. The number of hydrogen-bond donors (Lipinski definition) is 1. The van der Waals surface area contributed by atoms with Crippen molar-refractivity contribution in [1.82, 2.24) is 4.98 Å². The monoisotopic (exact) mass is 506 g/mol. The van der Waals surface area contributed by atoms with Crippen molar-refractivity contribution in [1.29, 1.82) is 0 Å². The first kappa shape index (κ1) is 28.3. The molecule has 1 N–H and O–H groups in total. The van der Waals surface area contributed by atoms with Gasteiger partial charge in [-0.1, -0.05) is 65.0 Å². The van der Waals surface area contributed by atoms with Crippen molar-refractivity contribution in [3.63, 3.8) is 0 Å². The van der Waals surface area contributed by atoms with Gasteiger partial charge < -0.3 is 19.5 Å². The van der Waals surface area contributed by atoms with Crippen molar-refractivity contribution in [3.05, 3.63) is 59.3 Å². The Morgan fingerprint density at radius 3 is 2.41 bits per heavy atom. The van der Waals surface area contributed by atoms with Crippen LogP contribution in [0, 0.1) is 12.8 Å². The van der Waals surface area contributed by atoms with Gasteiger partial charge in [-0.25, -0.2) is 9.78 Å². The SMILES string of the molecule is CCCCCCCCOc1ccc(CNc2cc3c(OCC(C)C)cc(C(=O)OC)nc3cc2C)cc1. The molecular formula is C31H42N2O4. The quantitative estimate of drug-likeness (QED) is 0.168. The second-order valence-electron chi connectivity index (χ2n) is 10.0. The number of nitrogens with one attached hydrogen (secondary N) is 1. The largest absolute Gasteiger partial charge is 0.494 e. The van der Waals surface area contributed by atoms with Crippen LogP contribution in [0.4, 0.5) is 5.69 Å². The molecule has 0 amide bonds. The number of carbonyl (C=O) groups excluding carboxylic acids is 1. The maximum atomic E-state index is 12.1. The summed E-state index contributed by atoms with van der Waals surface area (Å²) in [5.74, 6) is 1.42. The van der Waals surface area contributed by atoms with Crippen LogP contribution >= 0.6 is 0 Å². The summed E-state index contributed by atoms with van der Waals surface area (Å²) in [5, 5.41) is 4.40. The molecule has 0 unspecified atom stereocenters. The van der Waals surface area contributed by atoms with Crippen LogP contribution in [0.1, 0.15) is 80.9 Å². The molecule has 3 rings (SSSR count). The van der Waals surface area contributed by atoms with Crippen LogP contribution in [0.5, 0.6) is 11.5 Å². The van der Waals surface area contributed by atoms with Gasteiger partial charge in [-0.3, -0.25) is 0 Å². The maximum Gasteiger partial charge on any atom is 0.356 e. The summed E-state index contributed by atoms with van der Waals surface area (Å²) in [6.45, 7) is 10.4. The highest BCUT2D eigenvalue weighted by Gasteiger charge is 2.15. The molecule has 3 aromatic rings. The van der Waals surface area contributed by atoms with Gasteiger partial charge in [0.05, 0.1) is 25.8 Å². The van der Waals surface area contributed by atoms with Crippen LogP contribution in [0.15, 0.2) is 42.5 Å². The Bertz CT molecular complexity index is 1140. The predicted octanol–water partition coefficient (Wildman–Crippen LogP) is 7.72. The van der Waals surface area contributed by atoms with E-state index in [4.69, 9.17) is 14.2 Å². The van der Waals surface area contributed by atoms with E-state index in [1.807, 2.05) is 31.2 Å². The average molecular weight is 507 g/mol. The number of benzene rings is 2. The van der Waals surface area contributed by atoms with Crippen LogP contribution in [0.2, 0.25) is 0 Å². The summed E-state index contributed by atoms with van der Waals surface area (Å²) in [5.41, 5.74) is 4.15. The number of fused-ring (bicyclic) bond motifs is 1. The Labute approximate surface area is 221 Å². The van der Waals surface area contributed by atoms with E-state index in [9.17, 15) is 4.79 Å². The van der Waals surface area contributed by atoms with E-state index in [0.29, 0.717) is 30.3 Å².